The van der Waals surface area contributed by atoms with Crippen molar-refractivity contribution in [3.63, 3.8) is 0 Å². The van der Waals surface area contributed by atoms with Crippen LogP contribution in [0.3, 0.4) is 0 Å². The molecular weight excluding hydrogens is 450 g/mol. The van der Waals surface area contributed by atoms with Crippen molar-refractivity contribution in [1.82, 2.24) is 9.88 Å². The number of anilines is 1. The maximum Gasteiger partial charge on any atom is 0.244 e. The maximum absolute atomic E-state index is 13.3. The first-order chi connectivity index (χ1) is 15.5. The molecule has 10 heteroatoms. The van der Waals surface area contributed by atoms with E-state index in [4.69, 9.17) is 9.47 Å². The predicted octanol–water partition coefficient (Wildman–Crippen LogP) is 2.44. The lowest BCUT2D eigenvalue weighted by atomic mass is 10.3. The van der Waals surface area contributed by atoms with Crippen molar-refractivity contribution in [3.8, 4) is 5.75 Å². The standard InChI is InChI=1S/C22H25N3O5S2/c1-29-17-7-8-19-20(15-17)31-22(23-19)25(10-9-24-11-13-30-14-12-24)21(26)16-32(27,28)18-5-3-2-4-6-18/h2-8,15H,9-14,16H2,1H3. The molecule has 0 unspecified atom stereocenters. The highest BCUT2D eigenvalue weighted by atomic mass is 32.2. The summed E-state index contributed by atoms with van der Waals surface area (Å²) in [6, 6.07) is 13.6. The normalized spacial score (nSPS) is 15.0. The van der Waals surface area contributed by atoms with Crippen molar-refractivity contribution in [2.45, 2.75) is 4.90 Å². The number of carbonyl (C=O) groups excluding carboxylic acids is 1. The Hall–Kier alpha value is -2.53. The lowest BCUT2D eigenvalue weighted by Gasteiger charge is -2.29. The highest BCUT2D eigenvalue weighted by Crippen LogP contribution is 2.32. The largest absolute Gasteiger partial charge is 0.497 e. The van der Waals surface area contributed by atoms with Crippen LogP contribution in [0.2, 0.25) is 0 Å². The fourth-order valence-corrected chi connectivity index (χ4v) is 5.74. The first-order valence-corrected chi connectivity index (χ1v) is 12.8. The van der Waals surface area contributed by atoms with E-state index < -0.39 is 21.5 Å². The minimum atomic E-state index is -3.76. The van der Waals surface area contributed by atoms with Crippen LogP contribution in [0.1, 0.15) is 0 Å². The number of hydrogen-bond donors (Lipinski definition) is 0. The van der Waals surface area contributed by atoms with Gasteiger partial charge in [0.05, 0.1) is 35.4 Å². The van der Waals surface area contributed by atoms with Crippen LogP contribution in [-0.2, 0) is 19.4 Å². The zero-order valence-corrected chi connectivity index (χ0v) is 19.4. The molecule has 3 aromatic rings. The molecule has 32 heavy (non-hydrogen) atoms. The molecule has 8 nitrogen and oxygen atoms in total. The molecule has 0 atom stereocenters. The first-order valence-electron chi connectivity index (χ1n) is 10.3. The zero-order valence-electron chi connectivity index (χ0n) is 17.8. The Labute approximate surface area is 191 Å². The second-order valence-corrected chi connectivity index (χ2v) is 10.4. The van der Waals surface area contributed by atoms with Crippen LogP contribution in [-0.4, -0.2) is 76.5 Å². The van der Waals surface area contributed by atoms with Crippen LogP contribution in [0.15, 0.2) is 53.4 Å². The quantitative estimate of drug-likeness (QED) is 0.494. The third-order valence-corrected chi connectivity index (χ3v) is 7.93. The number of carbonyl (C=O) groups is 1. The van der Waals surface area contributed by atoms with Crippen molar-refractivity contribution in [3.05, 3.63) is 48.5 Å². The fraction of sp³-hybridized carbons (Fsp3) is 0.364. The highest BCUT2D eigenvalue weighted by molar-refractivity contribution is 7.92. The molecule has 170 valence electrons. The monoisotopic (exact) mass is 475 g/mol. The Balaban J connectivity index is 1.60. The van der Waals surface area contributed by atoms with Crippen molar-refractivity contribution >= 4 is 42.4 Å². The number of aromatic nitrogens is 1. The van der Waals surface area contributed by atoms with Gasteiger partial charge in [-0.2, -0.15) is 0 Å². The number of rotatable bonds is 8. The Kier molecular flexibility index (Phi) is 7.04. The van der Waals surface area contributed by atoms with Gasteiger partial charge in [0.2, 0.25) is 5.91 Å². The number of fused-ring (bicyclic) bond motifs is 1. The van der Waals surface area contributed by atoms with Crippen LogP contribution in [0.25, 0.3) is 10.2 Å². The van der Waals surface area contributed by atoms with Gasteiger partial charge in [-0.3, -0.25) is 14.6 Å². The second-order valence-electron chi connectivity index (χ2n) is 7.40. The molecule has 0 aliphatic carbocycles. The molecule has 1 aliphatic heterocycles. The number of morpholine rings is 1. The highest BCUT2D eigenvalue weighted by Gasteiger charge is 2.27. The van der Waals surface area contributed by atoms with E-state index in [1.54, 1.807) is 25.3 Å². The number of thiazole rings is 1. The number of amides is 1. The summed E-state index contributed by atoms with van der Waals surface area (Å²) in [5.74, 6) is -0.405. The number of methoxy groups -OCH3 is 1. The van der Waals surface area contributed by atoms with Crippen molar-refractivity contribution in [2.24, 2.45) is 0 Å². The minimum Gasteiger partial charge on any atom is -0.497 e. The average Bonchev–Trinajstić information content (AvgIpc) is 3.23. The van der Waals surface area contributed by atoms with E-state index in [1.807, 2.05) is 18.2 Å². The van der Waals surface area contributed by atoms with E-state index in [9.17, 15) is 13.2 Å². The van der Waals surface area contributed by atoms with E-state index in [1.165, 1.54) is 28.4 Å². The zero-order chi connectivity index (χ0) is 22.6. The van der Waals surface area contributed by atoms with Crippen LogP contribution in [0, 0.1) is 0 Å². The van der Waals surface area contributed by atoms with Gasteiger partial charge in [0.1, 0.15) is 11.5 Å². The van der Waals surface area contributed by atoms with E-state index in [-0.39, 0.29) is 4.90 Å². The van der Waals surface area contributed by atoms with E-state index in [0.717, 1.165) is 23.3 Å². The molecule has 2 aromatic carbocycles. The average molecular weight is 476 g/mol. The van der Waals surface area contributed by atoms with Gasteiger partial charge < -0.3 is 9.47 Å². The number of benzene rings is 2. The van der Waals surface area contributed by atoms with Crippen molar-refractivity contribution < 1.29 is 22.7 Å². The molecule has 0 spiro atoms. The smallest absolute Gasteiger partial charge is 0.244 e. The van der Waals surface area contributed by atoms with Gasteiger partial charge >= 0.3 is 0 Å². The third kappa shape index (κ3) is 5.26. The molecule has 0 N–H and O–H groups in total. The molecule has 2 heterocycles. The summed E-state index contributed by atoms with van der Waals surface area (Å²) in [5, 5.41) is 0.481. The molecule has 1 aromatic heterocycles. The summed E-state index contributed by atoms with van der Waals surface area (Å²) in [5.41, 5.74) is 0.737. The van der Waals surface area contributed by atoms with Crippen molar-refractivity contribution in [1.29, 1.82) is 0 Å². The minimum absolute atomic E-state index is 0.135. The molecular formula is C22H25N3O5S2. The number of hydrogen-bond acceptors (Lipinski definition) is 8. The summed E-state index contributed by atoms with van der Waals surface area (Å²) in [4.78, 5) is 21.7. The summed E-state index contributed by atoms with van der Waals surface area (Å²) >= 11 is 1.35. The first kappa shape index (κ1) is 22.7. The Morgan fingerprint density at radius 2 is 1.94 bits per heavy atom. The molecule has 4 rings (SSSR count). The third-order valence-electron chi connectivity index (χ3n) is 5.28. The van der Waals surface area contributed by atoms with Crippen molar-refractivity contribution in [2.75, 3.05) is 57.2 Å². The maximum atomic E-state index is 13.3. The van der Waals surface area contributed by atoms with Crippen LogP contribution in [0.5, 0.6) is 5.75 Å². The molecule has 0 radical (unpaired) electrons. The number of nitrogens with zero attached hydrogens (tertiary/aromatic N) is 3. The van der Waals surface area contributed by atoms with E-state index in [2.05, 4.69) is 9.88 Å². The summed E-state index contributed by atoms with van der Waals surface area (Å²) in [6.45, 7) is 3.82. The van der Waals surface area contributed by atoms with Crippen LogP contribution in [0.4, 0.5) is 5.13 Å². The van der Waals surface area contributed by atoms with Crippen LogP contribution < -0.4 is 9.64 Å². The number of sulfone groups is 1. The summed E-state index contributed by atoms with van der Waals surface area (Å²) < 4.78 is 37.2. The lowest BCUT2D eigenvalue weighted by Crippen LogP contribution is -2.44. The van der Waals surface area contributed by atoms with Gasteiger partial charge in [-0.05, 0) is 30.3 Å². The van der Waals surface area contributed by atoms with E-state index in [0.29, 0.717) is 37.2 Å². The molecule has 1 saturated heterocycles. The topological polar surface area (TPSA) is 89.0 Å². The SMILES string of the molecule is COc1ccc2nc(N(CCN3CCOCC3)C(=O)CS(=O)(=O)c3ccccc3)sc2c1. The Morgan fingerprint density at radius 1 is 1.19 bits per heavy atom. The molecule has 1 amide bonds. The fourth-order valence-electron chi connectivity index (χ4n) is 3.48. The molecule has 0 saturated carbocycles. The summed E-state index contributed by atoms with van der Waals surface area (Å²) in [6.07, 6.45) is 0. The molecule has 1 fully saturated rings. The molecule has 1 aliphatic rings. The van der Waals surface area contributed by atoms with Gasteiger partial charge in [-0.1, -0.05) is 29.5 Å². The lowest BCUT2D eigenvalue weighted by molar-refractivity contribution is -0.116. The predicted molar refractivity (Wildman–Crippen MR) is 124 cm³/mol. The van der Waals surface area contributed by atoms with Gasteiger partial charge in [-0.25, -0.2) is 13.4 Å². The van der Waals surface area contributed by atoms with Gasteiger partial charge in [0.25, 0.3) is 0 Å². The summed E-state index contributed by atoms with van der Waals surface area (Å²) in [7, 11) is -2.17. The Morgan fingerprint density at radius 3 is 2.66 bits per heavy atom. The van der Waals surface area contributed by atoms with Gasteiger partial charge in [0.15, 0.2) is 15.0 Å². The van der Waals surface area contributed by atoms with Gasteiger partial charge in [0, 0.05) is 26.2 Å². The second kappa shape index (κ2) is 9.95. The molecule has 0 bridgehead atoms. The van der Waals surface area contributed by atoms with Gasteiger partial charge in [-0.15, -0.1) is 0 Å². The Bertz CT molecular complexity index is 1170. The van der Waals surface area contributed by atoms with E-state index >= 15 is 0 Å². The van der Waals surface area contributed by atoms with Crippen LogP contribution >= 0.6 is 11.3 Å². The number of ether oxygens (including phenoxy) is 2.